The van der Waals surface area contributed by atoms with E-state index in [-0.39, 0.29) is 18.6 Å². The highest BCUT2D eigenvalue weighted by molar-refractivity contribution is 5.82. The van der Waals surface area contributed by atoms with E-state index < -0.39 is 6.10 Å². The molecule has 28 heavy (non-hydrogen) atoms. The Morgan fingerprint density at radius 3 is 2.79 bits per heavy atom. The third kappa shape index (κ3) is 3.30. The summed E-state index contributed by atoms with van der Waals surface area (Å²) in [6, 6.07) is 15.7. The van der Waals surface area contributed by atoms with Gasteiger partial charge in [-0.2, -0.15) is 0 Å². The van der Waals surface area contributed by atoms with E-state index in [0.29, 0.717) is 17.4 Å². The first-order valence-electron chi connectivity index (χ1n) is 9.90. The molecule has 2 N–H and O–H groups in total. The Kier molecular flexibility index (Phi) is 4.39. The van der Waals surface area contributed by atoms with Crippen molar-refractivity contribution in [1.29, 1.82) is 0 Å². The number of carbonyl (C=O) groups is 1. The molecule has 1 aliphatic carbocycles. The molecular formula is C22H23N3O3. The predicted octanol–water partition coefficient (Wildman–Crippen LogP) is 3.55. The molecule has 1 amide bonds. The Hall–Kier alpha value is -3.02. The first-order valence-corrected chi connectivity index (χ1v) is 9.90. The van der Waals surface area contributed by atoms with Crippen LogP contribution in [0.2, 0.25) is 0 Å². The van der Waals surface area contributed by atoms with Gasteiger partial charge in [-0.3, -0.25) is 4.79 Å². The molecule has 5 rings (SSSR count). The highest BCUT2D eigenvalue weighted by atomic mass is 16.6. The Balaban J connectivity index is 1.24. The molecule has 144 valence electrons. The van der Waals surface area contributed by atoms with Crippen LogP contribution in [0, 0.1) is 0 Å². The van der Waals surface area contributed by atoms with Crippen molar-refractivity contribution < 1.29 is 14.3 Å². The van der Waals surface area contributed by atoms with Gasteiger partial charge in [0.25, 0.3) is 5.91 Å². The number of para-hydroxylation sites is 4. The van der Waals surface area contributed by atoms with Gasteiger partial charge in [0.05, 0.1) is 11.0 Å². The number of hydrogen-bond acceptors (Lipinski definition) is 4. The fourth-order valence-electron chi connectivity index (χ4n) is 4.18. The van der Waals surface area contributed by atoms with Crippen molar-refractivity contribution in [1.82, 2.24) is 15.3 Å². The van der Waals surface area contributed by atoms with Crippen molar-refractivity contribution in [2.75, 3.05) is 6.61 Å². The maximum Gasteiger partial charge on any atom is 0.264 e. The number of benzene rings is 2. The zero-order valence-corrected chi connectivity index (χ0v) is 15.6. The van der Waals surface area contributed by atoms with Crippen LogP contribution in [0.5, 0.6) is 11.5 Å². The van der Waals surface area contributed by atoms with E-state index in [4.69, 9.17) is 14.5 Å². The first-order chi connectivity index (χ1) is 13.8. The third-order valence-electron chi connectivity index (χ3n) is 5.62. The van der Waals surface area contributed by atoms with Crippen molar-refractivity contribution in [3.05, 3.63) is 54.4 Å². The SMILES string of the molecule is O=C(N[C@@H]1CCC[C@H](c2nc3ccccc3[nH]2)C1)[C@@H]1COc2ccccc2O1. The Morgan fingerprint density at radius 2 is 1.89 bits per heavy atom. The minimum absolute atomic E-state index is 0.107. The number of ether oxygens (including phenoxy) is 2. The molecular weight excluding hydrogens is 354 g/mol. The zero-order chi connectivity index (χ0) is 18.9. The second-order valence-electron chi connectivity index (χ2n) is 7.57. The van der Waals surface area contributed by atoms with E-state index in [0.717, 1.165) is 42.5 Å². The minimum atomic E-state index is -0.610. The highest BCUT2D eigenvalue weighted by Gasteiger charge is 2.31. The smallest absolute Gasteiger partial charge is 0.264 e. The molecule has 3 aromatic rings. The number of fused-ring (bicyclic) bond motifs is 2. The summed E-state index contributed by atoms with van der Waals surface area (Å²) in [5.74, 6) is 2.55. The number of aromatic amines is 1. The van der Waals surface area contributed by atoms with Gasteiger partial charge < -0.3 is 19.8 Å². The summed E-state index contributed by atoms with van der Waals surface area (Å²) in [5.41, 5.74) is 2.06. The molecule has 2 heterocycles. The monoisotopic (exact) mass is 377 g/mol. The van der Waals surface area contributed by atoms with E-state index in [2.05, 4.69) is 10.3 Å². The fraction of sp³-hybridized carbons (Fsp3) is 0.364. The third-order valence-corrected chi connectivity index (χ3v) is 5.62. The number of rotatable bonds is 3. The lowest BCUT2D eigenvalue weighted by Crippen LogP contribution is -2.48. The van der Waals surface area contributed by atoms with E-state index in [1.54, 1.807) is 0 Å². The average Bonchev–Trinajstić information content (AvgIpc) is 3.18. The number of nitrogens with one attached hydrogen (secondary N) is 2. The molecule has 0 bridgehead atoms. The van der Waals surface area contributed by atoms with Gasteiger partial charge >= 0.3 is 0 Å². The van der Waals surface area contributed by atoms with Gasteiger partial charge in [-0.25, -0.2) is 4.98 Å². The van der Waals surface area contributed by atoms with Crippen LogP contribution in [0.3, 0.4) is 0 Å². The Morgan fingerprint density at radius 1 is 1.07 bits per heavy atom. The molecule has 6 heteroatoms. The van der Waals surface area contributed by atoms with Crippen LogP contribution < -0.4 is 14.8 Å². The van der Waals surface area contributed by atoms with Gasteiger partial charge in [-0.15, -0.1) is 0 Å². The second kappa shape index (κ2) is 7.19. The lowest BCUT2D eigenvalue weighted by molar-refractivity contribution is -0.131. The van der Waals surface area contributed by atoms with Gasteiger partial charge in [0, 0.05) is 12.0 Å². The van der Waals surface area contributed by atoms with Crippen molar-refractivity contribution in [3.63, 3.8) is 0 Å². The number of hydrogen-bond donors (Lipinski definition) is 2. The standard InChI is InChI=1S/C22H23N3O3/c26-22(20-13-27-18-10-3-4-11-19(18)28-20)23-15-7-5-6-14(12-15)21-24-16-8-1-2-9-17(16)25-21/h1-4,8-11,14-15,20H,5-7,12-13H2,(H,23,26)(H,24,25)/t14-,15+,20-/m0/s1. The predicted molar refractivity (Wildman–Crippen MR) is 106 cm³/mol. The van der Waals surface area contributed by atoms with Crippen LogP contribution in [0.1, 0.15) is 37.4 Å². The molecule has 6 nitrogen and oxygen atoms in total. The molecule has 1 aliphatic heterocycles. The number of aromatic nitrogens is 2. The van der Waals surface area contributed by atoms with Crippen molar-refractivity contribution >= 4 is 16.9 Å². The van der Waals surface area contributed by atoms with Gasteiger partial charge in [-0.1, -0.05) is 30.7 Å². The normalized spacial score (nSPS) is 24.1. The summed E-state index contributed by atoms with van der Waals surface area (Å²) in [7, 11) is 0. The summed E-state index contributed by atoms with van der Waals surface area (Å²) in [4.78, 5) is 20.9. The van der Waals surface area contributed by atoms with Gasteiger partial charge in [0.1, 0.15) is 12.4 Å². The Bertz CT molecular complexity index is 966. The van der Waals surface area contributed by atoms with Crippen molar-refractivity contribution in [2.45, 2.75) is 43.7 Å². The second-order valence-corrected chi connectivity index (χ2v) is 7.57. The average molecular weight is 377 g/mol. The Labute approximate surface area is 163 Å². The summed E-state index contributed by atoms with van der Waals surface area (Å²) in [6.07, 6.45) is 3.41. The van der Waals surface area contributed by atoms with Gasteiger partial charge in [0.15, 0.2) is 11.5 Å². The molecule has 2 aromatic carbocycles. The van der Waals surface area contributed by atoms with Crippen LogP contribution in [-0.4, -0.2) is 34.6 Å². The summed E-state index contributed by atoms with van der Waals surface area (Å²) in [5, 5.41) is 3.17. The lowest BCUT2D eigenvalue weighted by atomic mass is 9.85. The van der Waals surface area contributed by atoms with Gasteiger partial charge in [-0.05, 0) is 43.5 Å². The number of imidazole rings is 1. The quantitative estimate of drug-likeness (QED) is 0.732. The number of amides is 1. The van der Waals surface area contributed by atoms with Crippen molar-refractivity contribution in [2.24, 2.45) is 0 Å². The molecule has 1 saturated carbocycles. The molecule has 1 fully saturated rings. The van der Waals surface area contributed by atoms with Crippen LogP contribution in [0.25, 0.3) is 11.0 Å². The molecule has 3 atom stereocenters. The van der Waals surface area contributed by atoms with E-state index >= 15 is 0 Å². The molecule has 0 unspecified atom stereocenters. The maximum absolute atomic E-state index is 12.7. The topological polar surface area (TPSA) is 76.2 Å². The van der Waals surface area contributed by atoms with E-state index in [1.165, 1.54) is 0 Å². The molecule has 2 aliphatic rings. The fourth-order valence-corrected chi connectivity index (χ4v) is 4.18. The van der Waals surface area contributed by atoms with E-state index in [1.807, 2.05) is 48.5 Å². The number of carbonyl (C=O) groups excluding carboxylic acids is 1. The van der Waals surface area contributed by atoms with E-state index in [9.17, 15) is 4.79 Å². The van der Waals surface area contributed by atoms with Crippen LogP contribution >= 0.6 is 0 Å². The lowest BCUT2D eigenvalue weighted by Gasteiger charge is -2.31. The summed E-state index contributed by atoms with van der Waals surface area (Å²) < 4.78 is 11.5. The highest BCUT2D eigenvalue weighted by Crippen LogP contribution is 2.33. The molecule has 0 saturated heterocycles. The first kappa shape index (κ1) is 17.1. The van der Waals surface area contributed by atoms with Crippen LogP contribution in [0.15, 0.2) is 48.5 Å². The van der Waals surface area contributed by atoms with Crippen LogP contribution in [-0.2, 0) is 4.79 Å². The zero-order valence-electron chi connectivity index (χ0n) is 15.6. The number of nitrogens with zero attached hydrogens (tertiary/aromatic N) is 1. The summed E-state index contributed by atoms with van der Waals surface area (Å²) >= 11 is 0. The van der Waals surface area contributed by atoms with Crippen molar-refractivity contribution in [3.8, 4) is 11.5 Å². The minimum Gasteiger partial charge on any atom is -0.485 e. The van der Waals surface area contributed by atoms with Gasteiger partial charge in [0.2, 0.25) is 6.10 Å². The molecule has 0 spiro atoms. The number of H-pyrrole nitrogens is 1. The summed E-state index contributed by atoms with van der Waals surface area (Å²) in [6.45, 7) is 0.239. The molecule has 1 aromatic heterocycles. The van der Waals surface area contributed by atoms with Crippen LogP contribution in [0.4, 0.5) is 0 Å². The molecule has 0 radical (unpaired) electrons. The maximum atomic E-state index is 12.7. The largest absolute Gasteiger partial charge is 0.485 e.